The zero-order valence-corrected chi connectivity index (χ0v) is 13.7. The Morgan fingerprint density at radius 3 is 2.50 bits per heavy atom. The number of anilines is 1. The molecule has 1 N–H and O–H groups in total. The van der Waals surface area contributed by atoms with E-state index >= 15 is 0 Å². The van der Waals surface area contributed by atoms with Gasteiger partial charge in [-0.15, -0.1) is 0 Å². The van der Waals surface area contributed by atoms with E-state index in [0.717, 1.165) is 29.5 Å². The lowest BCUT2D eigenvalue weighted by Crippen LogP contribution is -2.30. The molecule has 2 aromatic heterocycles. The number of nitrogens with zero attached hydrogens (tertiary/aromatic N) is 4. The lowest BCUT2D eigenvalue weighted by Gasteiger charge is -2.17. The average molecular weight is 368 g/mol. The van der Waals surface area contributed by atoms with Gasteiger partial charge < -0.3 is 9.51 Å². The number of rotatable bonds is 3. The Kier molecular flexibility index (Phi) is 3.52. The van der Waals surface area contributed by atoms with Crippen molar-refractivity contribution >= 4 is 23.3 Å². The van der Waals surface area contributed by atoms with Crippen molar-refractivity contribution < 1.29 is 27.9 Å². The van der Waals surface area contributed by atoms with Gasteiger partial charge in [0.25, 0.3) is 0 Å². The number of fused-ring (bicyclic) bond motifs is 1. The first-order valence-corrected chi connectivity index (χ1v) is 8.02. The molecule has 1 unspecified atom stereocenters. The van der Waals surface area contributed by atoms with Crippen LogP contribution in [0, 0.1) is 0 Å². The summed E-state index contributed by atoms with van der Waals surface area (Å²) in [5, 5.41) is 9.50. The molecule has 3 amide bonds. The van der Waals surface area contributed by atoms with E-state index in [0.29, 0.717) is 0 Å². The number of imidazole rings is 1. The van der Waals surface area contributed by atoms with Gasteiger partial charge in [0.05, 0.1) is 11.4 Å². The number of aliphatic hydroxyl groups is 1. The highest BCUT2D eigenvalue weighted by Crippen LogP contribution is 2.42. The van der Waals surface area contributed by atoms with Gasteiger partial charge in [0.2, 0.25) is 5.91 Å². The lowest BCUT2D eigenvalue weighted by atomic mass is 10.1. The second-order valence-electron chi connectivity index (χ2n) is 6.60. The maximum atomic E-state index is 12.8. The van der Waals surface area contributed by atoms with E-state index < -0.39 is 29.9 Å². The first-order valence-electron chi connectivity index (χ1n) is 8.02. The molecule has 4 rings (SSSR count). The summed E-state index contributed by atoms with van der Waals surface area (Å²) in [5.41, 5.74) is 0.646. The van der Waals surface area contributed by atoms with Gasteiger partial charge in [0, 0.05) is 19.4 Å². The minimum atomic E-state index is -4.85. The fraction of sp³-hybridized carbons (Fsp3) is 0.438. The Hall–Kier alpha value is -2.62. The highest BCUT2D eigenvalue weighted by Gasteiger charge is 2.42. The third-order valence-electron chi connectivity index (χ3n) is 4.69. The van der Waals surface area contributed by atoms with Gasteiger partial charge in [-0.2, -0.15) is 13.2 Å². The minimum Gasteiger partial charge on any atom is -0.378 e. The van der Waals surface area contributed by atoms with Crippen LogP contribution >= 0.6 is 0 Å². The van der Waals surface area contributed by atoms with Gasteiger partial charge in [0.15, 0.2) is 11.8 Å². The van der Waals surface area contributed by atoms with E-state index in [1.165, 1.54) is 16.3 Å². The molecular formula is C16H15F3N4O3. The van der Waals surface area contributed by atoms with Crippen molar-refractivity contribution in [1.82, 2.24) is 14.3 Å². The van der Waals surface area contributed by atoms with Crippen molar-refractivity contribution in [3.05, 3.63) is 29.7 Å². The van der Waals surface area contributed by atoms with Gasteiger partial charge in [-0.3, -0.25) is 14.6 Å². The zero-order chi connectivity index (χ0) is 18.8. The maximum absolute atomic E-state index is 12.8. The summed E-state index contributed by atoms with van der Waals surface area (Å²) in [6.07, 6.45) is -2.92. The second-order valence-corrected chi connectivity index (χ2v) is 6.60. The molecule has 1 aliphatic heterocycles. The smallest absolute Gasteiger partial charge is 0.378 e. The van der Waals surface area contributed by atoms with Crippen LogP contribution < -0.4 is 4.90 Å². The minimum absolute atomic E-state index is 0.0872. The molecule has 0 spiro atoms. The van der Waals surface area contributed by atoms with Crippen molar-refractivity contribution in [1.29, 1.82) is 0 Å². The number of hydrogen-bond acceptors (Lipinski definition) is 4. The number of carbonyl (C=O) groups excluding carboxylic acids is 2. The molecule has 1 saturated heterocycles. The number of likely N-dealkylation sites (N-methyl/N-ethyl adjacent to an activating group) is 1. The molecule has 0 bridgehead atoms. The molecule has 2 aliphatic rings. The summed E-state index contributed by atoms with van der Waals surface area (Å²) in [7, 11) is 1.34. The van der Waals surface area contributed by atoms with E-state index in [-0.39, 0.29) is 23.8 Å². The van der Waals surface area contributed by atoms with Gasteiger partial charge in [0.1, 0.15) is 6.54 Å². The number of imide groups is 1. The predicted molar refractivity (Wildman–Crippen MR) is 83.7 cm³/mol. The number of alkyl halides is 3. The summed E-state index contributed by atoms with van der Waals surface area (Å²) in [6, 6.07) is 1.12. The Balaban J connectivity index is 1.86. The molecule has 10 heteroatoms. The van der Waals surface area contributed by atoms with Crippen LogP contribution in [0.1, 0.15) is 36.1 Å². The molecule has 1 saturated carbocycles. The van der Waals surface area contributed by atoms with Crippen LogP contribution in [-0.2, 0) is 4.79 Å². The molecule has 2 aromatic rings. The number of halogens is 3. The first kappa shape index (κ1) is 16.8. The third kappa shape index (κ3) is 2.61. The molecule has 0 radical (unpaired) electrons. The number of urea groups is 1. The number of carbonyl (C=O) groups is 2. The van der Waals surface area contributed by atoms with Crippen molar-refractivity contribution in [3.63, 3.8) is 0 Å². The van der Waals surface area contributed by atoms with E-state index in [1.807, 2.05) is 0 Å². The summed E-state index contributed by atoms with van der Waals surface area (Å²) in [6.45, 7) is -0.205. The largest absolute Gasteiger partial charge is 0.420 e. The second kappa shape index (κ2) is 5.44. The standard InChI is InChI=1S/C16H15F3N4O3/c1-21-12(24)7-23(15(21)26)11-4-9(8-2-3-8)5-22-6-10(20-14(11)22)13(25)16(17,18)19/h4-6,8,13,25H,2-3,7H2,1H3. The van der Waals surface area contributed by atoms with Gasteiger partial charge in [-0.1, -0.05) is 0 Å². The average Bonchev–Trinajstić information content (AvgIpc) is 3.29. The maximum Gasteiger partial charge on any atom is 0.420 e. The molecule has 7 nitrogen and oxygen atoms in total. The monoisotopic (exact) mass is 368 g/mol. The number of aromatic nitrogens is 2. The summed E-state index contributed by atoms with van der Waals surface area (Å²) < 4.78 is 39.9. The predicted octanol–water partition coefficient (Wildman–Crippen LogP) is 2.21. The van der Waals surface area contributed by atoms with Crippen molar-refractivity contribution in [2.45, 2.75) is 31.0 Å². The van der Waals surface area contributed by atoms with Gasteiger partial charge in [-0.25, -0.2) is 9.78 Å². The fourth-order valence-electron chi connectivity index (χ4n) is 3.04. The molecule has 1 atom stereocenters. The van der Waals surface area contributed by atoms with Crippen LogP contribution in [0.25, 0.3) is 5.65 Å². The molecule has 1 aliphatic carbocycles. The summed E-state index contributed by atoms with van der Waals surface area (Å²) in [4.78, 5) is 30.2. The zero-order valence-electron chi connectivity index (χ0n) is 13.7. The Morgan fingerprint density at radius 2 is 1.96 bits per heavy atom. The number of pyridine rings is 1. The molecule has 26 heavy (non-hydrogen) atoms. The highest BCUT2D eigenvalue weighted by atomic mass is 19.4. The Bertz CT molecular complexity index is 919. The van der Waals surface area contributed by atoms with Crippen molar-refractivity contribution in [2.75, 3.05) is 18.5 Å². The van der Waals surface area contributed by atoms with E-state index in [9.17, 15) is 27.9 Å². The van der Waals surface area contributed by atoms with Crippen LogP contribution in [-0.4, -0.2) is 51.1 Å². The normalized spacial score (nSPS) is 19.7. The quantitative estimate of drug-likeness (QED) is 0.843. The van der Waals surface area contributed by atoms with Crippen molar-refractivity contribution in [2.24, 2.45) is 0 Å². The molecule has 138 valence electrons. The van der Waals surface area contributed by atoms with Gasteiger partial charge >= 0.3 is 12.2 Å². The number of amides is 3. The van der Waals surface area contributed by atoms with Crippen LogP contribution in [0.4, 0.5) is 23.7 Å². The van der Waals surface area contributed by atoms with Crippen LogP contribution in [0.3, 0.4) is 0 Å². The SMILES string of the molecule is CN1C(=O)CN(c2cc(C3CC3)cn3cc(C(O)C(F)(F)F)nc23)C1=O. The highest BCUT2D eigenvalue weighted by molar-refractivity contribution is 6.13. The molecular weight excluding hydrogens is 353 g/mol. The number of hydrogen-bond donors (Lipinski definition) is 1. The topological polar surface area (TPSA) is 78.2 Å². The van der Waals surface area contributed by atoms with Crippen LogP contribution in [0.2, 0.25) is 0 Å². The third-order valence-corrected chi connectivity index (χ3v) is 4.69. The van der Waals surface area contributed by atoms with Gasteiger partial charge in [-0.05, 0) is 30.4 Å². The molecule has 2 fully saturated rings. The first-order chi connectivity index (χ1) is 12.2. The Morgan fingerprint density at radius 1 is 1.27 bits per heavy atom. The summed E-state index contributed by atoms with van der Waals surface area (Å²) in [5.74, 6) is -0.144. The van der Waals surface area contributed by atoms with E-state index in [2.05, 4.69) is 4.98 Å². The van der Waals surface area contributed by atoms with Crippen LogP contribution in [0.5, 0.6) is 0 Å². The Labute approximate surface area is 145 Å². The van der Waals surface area contributed by atoms with Crippen LogP contribution in [0.15, 0.2) is 18.5 Å². The van der Waals surface area contributed by atoms with Crippen molar-refractivity contribution in [3.8, 4) is 0 Å². The lowest BCUT2D eigenvalue weighted by molar-refractivity contribution is -0.207. The molecule has 0 aromatic carbocycles. The fourth-order valence-corrected chi connectivity index (χ4v) is 3.04. The summed E-state index contributed by atoms with van der Waals surface area (Å²) >= 11 is 0. The van der Waals surface area contributed by atoms with E-state index in [4.69, 9.17) is 0 Å². The van der Waals surface area contributed by atoms with E-state index in [1.54, 1.807) is 12.3 Å². The molecule has 3 heterocycles. The number of aliphatic hydroxyl groups excluding tert-OH is 1.